The second kappa shape index (κ2) is 11.0. The van der Waals surface area contributed by atoms with Crippen molar-refractivity contribution in [3.8, 4) is 0 Å². The molecular formula is C23H23F2N7O3. The van der Waals surface area contributed by atoms with E-state index in [2.05, 4.69) is 26.0 Å². The van der Waals surface area contributed by atoms with Crippen molar-refractivity contribution in [2.45, 2.75) is 13.3 Å². The van der Waals surface area contributed by atoms with Crippen LogP contribution in [0.5, 0.6) is 0 Å². The number of halogens is 2. The van der Waals surface area contributed by atoms with Gasteiger partial charge in [0.1, 0.15) is 17.2 Å². The fourth-order valence-electron chi connectivity index (χ4n) is 3.13. The van der Waals surface area contributed by atoms with Gasteiger partial charge in [-0.3, -0.25) is 14.4 Å². The molecule has 0 atom stereocenters. The molecule has 3 rings (SSSR count). The van der Waals surface area contributed by atoms with Crippen molar-refractivity contribution in [3.63, 3.8) is 0 Å². The van der Waals surface area contributed by atoms with E-state index in [1.54, 1.807) is 37.3 Å². The Kier molecular flexibility index (Phi) is 7.87. The number of allylic oxidation sites excluding steroid dienone is 1. The van der Waals surface area contributed by atoms with Crippen LogP contribution in [0.1, 0.15) is 33.2 Å². The van der Waals surface area contributed by atoms with E-state index in [-0.39, 0.29) is 42.2 Å². The lowest BCUT2D eigenvalue weighted by Crippen LogP contribution is -2.24. The van der Waals surface area contributed by atoms with Crippen LogP contribution in [0.15, 0.2) is 48.6 Å². The normalized spacial score (nSPS) is 10.9. The van der Waals surface area contributed by atoms with Gasteiger partial charge in [-0.15, -0.1) is 5.10 Å². The van der Waals surface area contributed by atoms with Crippen molar-refractivity contribution in [1.29, 1.82) is 0 Å². The van der Waals surface area contributed by atoms with Crippen LogP contribution < -0.4 is 21.7 Å². The Bertz CT molecular complexity index is 1290. The summed E-state index contributed by atoms with van der Waals surface area (Å²) in [5.74, 6) is -4.42. The van der Waals surface area contributed by atoms with Gasteiger partial charge in [0.15, 0.2) is 0 Å². The molecule has 0 radical (unpaired) electrons. The maximum atomic E-state index is 15.0. The summed E-state index contributed by atoms with van der Waals surface area (Å²) >= 11 is 0. The van der Waals surface area contributed by atoms with Gasteiger partial charge in [-0.1, -0.05) is 12.1 Å². The number of rotatable bonds is 8. The van der Waals surface area contributed by atoms with Gasteiger partial charge in [0.05, 0.1) is 0 Å². The molecule has 0 fully saturated rings. The number of carbonyl (C=O) groups excluding carboxylic acids is 3. The lowest BCUT2D eigenvalue weighted by Gasteiger charge is -2.10. The zero-order chi connectivity index (χ0) is 25.5. The number of nitrogen functional groups attached to an aromatic ring is 1. The van der Waals surface area contributed by atoms with Crippen molar-refractivity contribution < 1.29 is 23.2 Å². The first-order chi connectivity index (χ1) is 16.7. The van der Waals surface area contributed by atoms with Crippen LogP contribution in [0, 0.1) is 11.6 Å². The second-order valence-electron chi connectivity index (χ2n) is 7.23. The molecular weight excluding hydrogens is 460 g/mol. The number of amides is 2. The molecule has 10 nitrogen and oxygen atoms in total. The van der Waals surface area contributed by atoms with Gasteiger partial charge in [-0.2, -0.15) is 9.67 Å². The van der Waals surface area contributed by atoms with E-state index >= 15 is 4.39 Å². The molecule has 0 saturated carbocycles. The molecule has 2 aromatic carbocycles. The van der Waals surface area contributed by atoms with Crippen molar-refractivity contribution in [3.05, 3.63) is 76.9 Å². The molecule has 12 heteroatoms. The van der Waals surface area contributed by atoms with Crippen LogP contribution in [-0.2, 0) is 11.2 Å². The molecule has 2 amide bonds. The quantitative estimate of drug-likeness (QED) is 0.360. The van der Waals surface area contributed by atoms with Crippen molar-refractivity contribution in [2.24, 2.45) is 0 Å². The molecule has 5 N–H and O–H groups in total. The van der Waals surface area contributed by atoms with E-state index in [4.69, 9.17) is 5.73 Å². The summed E-state index contributed by atoms with van der Waals surface area (Å²) in [6, 6.07) is 8.44. The Labute approximate surface area is 199 Å². The van der Waals surface area contributed by atoms with E-state index in [1.165, 1.54) is 19.2 Å². The van der Waals surface area contributed by atoms with Gasteiger partial charge < -0.3 is 21.7 Å². The third-order valence-corrected chi connectivity index (χ3v) is 4.85. The molecule has 1 heterocycles. The minimum atomic E-state index is -1.15. The second-order valence-corrected chi connectivity index (χ2v) is 7.23. The molecule has 0 spiro atoms. The van der Waals surface area contributed by atoms with Gasteiger partial charge in [0, 0.05) is 24.8 Å². The molecule has 0 bridgehead atoms. The number of nitrogens with two attached hydrogens (primary N) is 1. The number of hydrogen-bond donors (Lipinski definition) is 4. The number of anilines is 3. The third kappa shape index (κ3) is 5.85. The average Bonchev–Trinajstić information content (AvgIpc) is 3.20. The van der Waals surface area contributed by atoms with E-state index < -0.39 is 23.1 Å². The Hall–Kier alpha value is -4.61. The van der Waals surface area contributed by atoms with Crippen molar-refractivity contribution in [1.82, 2.24) is 25.4 Å². The van der Waals surface area contributed by atoms with Crippen molar-refractivity contribution in [2.75, 3.05) is 24.6 Å². The average molecular weight is 483 g/mol. The van der Waals surface area contributed by atoms with E-state index in [1.807, 2.05) is 0 Å². The van der Waals surface area contributed by atoms with Gasteiger partial charge in [-0.25, -0.2) is 8.78 Å². The first-order valence-corrected chi connectivity index (χ1v) is 10.5. The summed E-state index contributed by atoms with van der Waals surface area (Å²) < 4.78 is 30.0. The highest BCUT2D eigenvalue weighted by molar-refractivity contribution is 5.97. The first-order valence-electron chi connectivity index (χ1n) is 10.5. The number of carbonyl (C=O) groups is 3. The zero-order valence-electron chi connectivity index (χ0n) is 18.9. The Morgan fingerprint density at radius 2 is 1.83 bits per heavy atom. The molecule has 182 valence electrons. The fourth-order valence-corrected chi connectivity index (χ4v) is 3.13. The molecule has 35 heavy (non-hydrogen) atoms. The molecule has 0 aliphatic heterocycles. The highest BCUT2D eigenvalue weighted by Gasteiger charge is 2.25. The summed E-state index contributed by atoms with van der Waals surface area (Å²) in [4.78, 5) is 40.0. The molecule has 0 aliphatic rings. The van der Waals surface area contributed by atoms with Gasteiger partial charge in [0.25, 0.3) is 11.8 Å². The van der Waals surface area contributed by atoms with Gasteiger partial charge in [0.2, 0.25) is 17.8 Å². The van der Waals surface area contributed by atoms with E-state index in [0.717, 1.165) is 6.07 Å². The predicted molar refractivity (Wildman–Crippen MR) is 125 cm³/mol. The number of benzene rings is 2. The topological polar surface area (TPSA) is 144 Å². The SMILES string of the molecule is C/C=C/C(=O)NCCc1ccc(F)c(C(=O)n2nc(Nc3ccc(C(=O)NC)cc3)nc2N)c1F. The summed E-state index contributed by atoms with van der Waals surface area (Å²) in [6.07, 6.45) is 2.89. The highest BCUT2D eigenvalue weighted by atomic mass is 19.1. The Balaban J connectivity index is 1.79. The van der Waals surface area contributed by atoms with Crippen molar-refractivity contribution >= 4 is 35.3 Å². The predicted octanol–water partition coefficient (Wildman–Crippen LogP) is 2.17. The summed E-state index contributed by atoms with van der Waals surface area (Å²) in [5, 5.41) is 11.8. The number of nitrogens with zero attached hydrogens (tertiary/aromatic N) is 3. The van der Waals surface area contributed by atoms with Crippen LogP contribution in [0.4, 0.5) is 26.4 Å². The lowest BCUT2D eigenvalue weighted by molar-refractivity contribution is -0.116. The standard InChI is InChI=1S/C23H23F2N7O3/c1-3-4-17(33)28-12-11-13-7-10-16(24)18(19(13)25)21(35)32-22(26)30-23(31-32)29-15-8-5-14(6-9-15)20(34)27-2/h3-10H,11-12H2,1-2H3,(H,27,34)(H,28,33)(H3,26,29,30,31)/b4-3+. The smallest absolute Gasteiger partial charge is 0.287 e. The molecule has 0 aliphatic carbocycles. The Morgan fingerprint density at radius 1 is 1.11 bits per heavy atom. The van der Waals surface area contributed by atoms with E-state index in [9.17, 15) is 18.8 Å². The van der Waals surface area contributed by atoms with Gasteiger partial charge in [-0.05, 0) is 55.3 Å². The lowest BCUT2D eigenvalue weighted by atomic mass is 10.1. The Morgan fingerprint density at radius 3 is 2.49 bits per heavy atom. The zero-order valence-corrected chi connectivity index (χ0v) is 18.9. The summed E-state index contributed by atoms with van der Waals surface area (Å²) in [5.41, 5.74) is 5.87. The molecule has 0 saturated heterocycles. The number of nitrogens with one attached hydrogen (secondary N) is 3. The summed E-state index contributed by atoms with van der Waals surface area (Å²) in [6.45, 7) is 1.76. The third-order valence-electron chi connectivity index (χ3n) is 4.85. The van der Waals surface area contributed by atoms with Crippen LogP contribution >= 0.6 is 0 Å². The largest absolute Gasteiger partial charge is 0.368 e. The fraction of sp³-hybridized carbons (Fsp3) is 0.174. The monoisotopic (exact) mass is 483 g/mol. The minimum absolute atomic E-state index is 0.0291. The minimum Gasteiger partial charge on any atom is -0.368 e. The van der Waals surface area contributed by atoms with Gasteiger partial charge >= 0.3 is 0 Å². The molecule has 1 aromatic heterocycles. The van der Waals surface area contributed by atoms with Crippen LogP contribution in [-0.4, -0.2) is 46.1 Å². The maximum absolute atomic E-state index is 15.0. The van der Waals surface area contributed by atoms with Crippen LogP contribution in [0.2, 0.25) is 0 Å². The number of hydrogen-bond acceptors (Lipinski definition) is 7. The first kappa shape index (κ1) is 25.0. The molecule has 3 aromatic rings. The van der Waals surface area contributed by atoms with E-state index in [0.29, 0.717) is 15.9 Å². The van der Waals surface area contributed by atoms with Crippen LogP contribution in [0.25, 0.3) is 0 Å². The molecule has 0 unspecified atom stereocenters. The highest BCUT2D eigenvalue weighted by Crippen LogP contribution is 2.21. The van der Waals surface area contributed by atoms with Crippen LogP contribution in [0.3, 0.4) is 0 Å². The number of aromatic nitrogens is 3. The maximum Gasteiger partial charge on any atom is 0.287 e. The summed E-state index contributed by atoms with van der Waals surface area (Å²) in [7, 11) is 1.51.